The molecule has 0 aromatic heterocycles. The van der Waals surface area contributed by atoms with E-state index < -0.39 is 15.8 Å². The highest BCUT2D eigenvalue weighted by Gasteiger charge is 2.40. The van der Waals surface area contributed by atoms with E-state index in [2.05, 4.69) is 15.9 Å². The van der Waals surface area contributed by atoms with Crippen LogP contribution in [0.1, 0.15) is 12.8 Å². The molecule has 20 heavy (non-hydrogen) atoms. The van der Waals surface area contributed by atoms with E-state index in [1.54, 1.807) is 0 Å². The predicted molar refractivity (Wildman–Crippen MR) is 75.2 cm³/mol. The zero-order valence-electron chi connectivity index (χ0n) is 10.6. The third-order valence-corrected chi connectivity index (χ3v) is 6.21. The number of hydrogen-bond acceptors (Lipinski definition) is 4. The Kier molecular flexibility index (Phi) is 3.52. The van der Waals surface area contributed by atoms with Crippen LogP contribution in [0.25, 0.3) is 0 Å². The van der Waals surface area contributed by atoms with Crippen molar-refractivity contribution in [3.05, 3.63) is 22.4 Å². The van der Waals surface area contributed by atoms with Gasteiger partial charge in [0.15, 0.2) is 0 Å². The molecule has 2 aliphatic rings. The number of halogens is 2. The van der Waals surface area contributed by atoms with Gasteiger partial charge in [0.1, 0.15) is 10.7 Å². The van der Waals surface area contributed by atoms with Gasteiger partial charge >= 0.3 is 0 Å². The monoisotopic (exact) mass is 364 g/mol. The molecular formula is C12H14BrFN2O3S. The van der Waals surface area contributed by atoms with Crippen LogP contribution in [0.2, 0.25) is 0 Å². The zero-order valence-corrected chi connectivity index (χ0v) is 13.0. The van der Waals surface area contributed by atoms with Crippen LogP contribution in [0, 0.1) is 5.82 Å². The molecule has 3 rings (SSSR count). The van der Waals surface area contributed by atoms with Crippen LogP contribution in [0.4, 0.5) is 10.1 Å². The summed E-state index contributed by atoms with van der Waals surface area (Å²) < 4.78 is 46.3. The van der Waals surface area contributed by atoms with Gasteiger partial charge in [0.2, 0.25) is 10.0 Å². The highest BCUT2D eigenvalue weighted by molar-refractivity contribution is 9.10. The smallest absolute Gasteiger partial charge is 0.246 e. The molecule has 5 nitrogen and oxygen atoms in total. The molecule has 2 N–H and O–H groups in total. The topological polar surface area (TPSA) is 72.6 Å². The lowest BCUT2D eigenvalue weighted by Gasteiger charge is -2.31. The van der Waals surface area contributed by atoms with Crippen molar-refractivity contribution in [2.45, 2.75) is 29.9 Å². The van der Waals surface area contributed by atoms with E-state index in [1.165, 1.54) is 4.31 Å². The maximum Gasteiger partial charge on any atom is 0.246 e. The maximum atomic E-state index is 14.0. The number of hydrogen-bond donors (Lipinski definition) is 1. The molecule has 110 valence electrons. The zero-order chi connectivity index (χ0) is 14.5. The van der Waals surface area contributed by atoms with E-state index >= 15 is 0 Å². The lowest BCUT2D eigenvalue weighted by Crippen LogP contribution is -2.45. The summed E-state index contributed by atoms with van der Waals surface area (Å²) in [6.45, 7) is 0.544. The Morgan fingerprint density at radius 1 is 1.30 bits per heavy atom. The number of rotatable bonds is 2. The Morgan fingerprint density at radius 2 is 1.90 bits per heavy atom. The van der Waals surface area contributed by atoms with Gasteiger partial charge in [0.05, 0.1) is 12.2 Å². The van der Waals surface area contributed by atoms with Gasteiger partial charge in [0, 0.05) is 23.2 Å². The van der Waals surface area contributed by atoms with Gasteiger partial charge in [-0.15, -0.1) is 0 Å². The van der Waals surface area contributed by atoms with Crippen molar-refractivity contribution in [1.82, 2.24) is 4.31 Å². The molecule has 0 saturated carbocycles. The molecule has 0 amide bonds. The largest absolute Gasteiger partial charge is 0.398 e. The second-order valence-corrected chi connectivity index (χ2v) is 7.84. The number of morpholine rings is 1. The van der Waals surface area contributed by atoms with Crippen LogP contribution in [-0.2, 0) is 14.8 Å². The molecule has 2 aliphatic heterocycles. The van der Waals surface area contributed by atoms with Crippen LogP contribution in [-0.4, -0.2) is 38.0 Å². The van der Waals surface area contributed by atoms with Crippen molar-refractivity contribution in [2.24, 2.45) is 0 Å². The van der Waals surface area contributed by atoms with Crippen LogP contribution in [0.15, 0.2) is 21.5 Å². The normalized spacial score (nSPS) is 26.9. The molecule has 8 heteroatoms. The highest BCUT2D eigenvalue weighted by atomic mass is 79.9. The Balaban J connectivity index is 1.98. The van der Waals surface area contributed by atoms with Crippen molar-refractivity contribution >= 4 is 31.6 Å². The van der Waals surface area contributed by atoms with E-state index in [1.807, 2.05) is 0 Å². The summed E-state index contributed by atoms with van der Waals surface area (Å²) in [5.74, 6) is -0.801. The van der Waals surface area contributed by atoms with Crippen LogP contribution in [0.5, 0.6) is 0 Å². The molecule has 2 fully saturated rings. The Bertz CT molecular complexity index is 640. The van der Waals surface area contributed by atoms with Gasteiger partial charge in [0.25, 0.3) is 0 Å². The second kappa shape index (κ2) is 4.94. The van der Waals surface area contributed by atoms with E-state index in [4.69, 9.17) is 10.5 Å². The molecule has 2 bridgehead atoms. The number of nitrogens with two attached hydrogens (primary N) is 1. The molecule has 2 saturated heterocycles. The summed E-state index contributed by atoms with van der Waals surface area (Å²) >= 11 is 3.08. The quantitative estimate of drug-likeness (QED) is 0.811. The average Bonchev–Trinajstić information content (AvgIpc) is 2.72. The number of nitrogen functional groups attached to an aromatic ring is 1. The SMILES string of the molecule is Nc1cc(S(=O)(=O)N2CC3CCC(C2)O3)c(F)cc1Br. The Hall–Kier alpha value is -0.700. The maximum absolute atomic E-state index is 14.0. The third kappa shape index (κ3) is 2.34. The summed E-state index contributed by atoms with van der Waals surface area (Å²) in [6.07, 6.45) is 1.53. The lowest BCUT2D eigenvalue weighted by atomic mass is 10.2. The third-order valence-electron chi connectivity index (χ3n) is 3.68. The molecule has 2 atom stereocenters. The van der Waals surface area contributed by atoms with Gasteiger partial charge in [-0.3, -0.25) is 0 Å². The van der Waals surface area contributed by atoms with Crippen molar-refractivity contribution in [2.75, 3.05) is 18.8 Å². The summed E-state index contributed by atoms with van der Waals surface area (Å²) in [4.78, 5) is -0.375. The Labute approximate surface area is 125 Å². The summed E-state index contributed by atoms with van der Waals surface area (Å²) in [6, 6.07) is 2.24. The fraction of sp³-hybridized carbons (Fsp3) is 0.500. The summed E-state index contributed by atoms with van der Waals surface area (Å²) in [7, 11) is -3.88. The number of benzene rings is 1. The van der Waals surface area contributed by atoms with Crippen molar-refractivity contribution in [1.29, 1.82) is 0 Å². The van der Waals surface area contributed by atoms with E-state index in [-0.39, 0.29) is 35.9 Å². The summed E-state index contributed by atoms with van der Waals surface area (Å²) in [5, 5.41) is 0. The molecule has 0 aliphatic carbocycles. The van der Waals surface area contributed by atoms with E-state index in [9.17, 15) is 12.8 Å². The minimum atomic E-state index is -3.88. The van der Waals surface area contributed by atoms with E-state index in [0.29, 0.717) is 4.47 Å². The first kappa shape index (κ1) is 14.2. The molecule has 1 aromatic carbocycles. The van der Waals surface area contributed by atoms with E-state index in [0.717, 1.165) is 25.0 Å². The minimum Gasteiger partial charge on any atom is -0.398 e. The van der Waals surface area contributed by atoms with Crippen molar-refractivity contribution < 1.29 is 17.5 Å². The number of nitrogens with zero attached hydrogens (tertiary/aromatic N) is 1. The van der Waals surface area contributed by atoms with Crippen molar-refractivity contribution in [3.63, 3.8) is 0 Å². The number of anilines is 1. The first-order chi connectivity index (χ1) is 9.38. The number of sulfonamides is 1. The van der Waals surface area contributed by atoms with Gasteiger partial charge in [-0.05, 0) is 40.9 Å². The number of fused-ring (bicyclic) bond motifs is 2. The molecule has 1 aromatic rings. The predicted octanol–water partition coefficient (Wildman–Crippen LogP) is 1.72. The highest BCUT2D eigenvalue weighted by Crippen LogP contribution is 2.32. The molecule has 2 unspecified atom stereocenters. The fourth-order valence-electron chi connectivity index (χ4n) is 2.66. The standard InChI is InChI=1S/C12H14BrFN2O3S/c13-9-3-10(14)12(4-11(9)15)20(17,18)16-5-7-1-2-8(6-16)19-7/h3-4,7-8H,1-2,5-6,15H2. The van der Waals surface area contributed by atoms with Gasteiger partial charge in [-0.25, -0.2) is 12.8 Å². The molecule has 2 heterocycles. The lowest BCUT2D eigenvalue weighted by molar-refractivity contribution is -0.0115. The van der Waals surface area contributed by atoms with Crippen LogP contribution < -0.4 is 5.73 Å². The first-order valence-corrected chi connectivity index (χ1v) is 8.51. The van der Waals surface area contributed by atoms with Gasteiger partial charge in [-0.2, -0.15) is 4.31 Å². The average molecular weight is 365 g/mol. The molecule has 0 radical (unpaired) electrons. The molecular weight excluding hydrogens is 351 g/mol. The summed E-state index contributed by atoms with van der Waals surface area (Å²) in [5.41, 5.74) is 5.86. The minimum absolute atomic E-state index is 0.0839. The second-order valence-electron chi connectivity index (χ2n) is 5.08. The van der Waals surface area contributed by atoms with Crippen molar-refractivity contribution in [3.8, 4) is 0 Å². The Morgan fingerprint density at radius 3 is 2.50 bits per heavy atom. The van der Waals surface area contributed by atoms with Gasteiger partial charge < -0.3 is 10.5 Å². The van der Waals surface area contributed by atoms with Gasteiger partial charge in [-0.1, -0.05) is 0 Å². The van der Waals surface area contributed by atoms with Crippen LogP contribution >= 0.6 is 15.9 Å². The molecule has 0 spiro atoms. The van der Waals surface area contributed by atoms with Crippen LogP contribution in [0.3, 0.4) is 0 Å². The first-order valence-electron chi connectivity index (χ1n) is 6.28. The number of ether oxygens (including phenoxy) is 1. The fourth-order valence-corrected chi connectivity index (χ4v) is 4.56.